The Balaban J connectivity index is 2.84. The molecule has 0 saturated heterocycles. The highest BCUT2D eigenvalue weighted by Crippen LogP contribution is 2.26. The van der Waals surface area contributed by atoms with Gasteiger partial charge in [0.05, 0.1) is 5.00 Å². The topological polar surface area (TPSA) is 20.3 Å². The van der Waals surface area contributed by atoms with Gasteiger partial charge in [-0.25, -0.2) is 0 Å². The predicted octanol–water partition coefficient (Wildman–Crippen LogP) is 2.10. The van der Waals surface area contributed by atoms with Crippen molar-refractivity contribution in [2.24, 2.45) is 0 Å². The van der Waals surface area contributed by atoms with Crippen LogP contribution in [0.2, 0.25) is 0 Å². The zero-order valence-electron chi connectivity index (χ0n) is 5.37. The summed E-state index contributed by atoms with van der Waals surface area (Å²) in [7, 11) is 1.73. The Morgan fingerprint density at radius 1 is 1.80 bits per heavy atom. The molecule has 0 aliphatic rings. The van der Waals surface area contributed by atoms with Crippen LogP contribution >= 0.6 is 27.3 Å². The Bertz CT molecular complexity index is 235. The van der Waals surface area contributed by atoms with E-state index in [-0.39, 0.29) is 0 Å². The molecule has 0 fully saturated rings. The number of hydrogen-bond donors (Lipinski definition) is 0. The quantitative estimate of drug-likeness (QED) is 0.699. The third-order valence-corrected chi connectivity index (χ3v) is 2.84. The van der Waals surface area contributed by atoms with Crippen molar-refractivity contribution in [1.82, 2.24) is 0 Å². The van der Waals surface area contributed by atoms with Gasteiger partial charge in [-0.3, -0.25) is 4.79 Å². The molecular formula is C6H6BrNOS. The van der Waals surface area contributed by atoms with Crippen LogP contribution in [-0.4, -0.2) is 13.5 Å². The van der Waals surface area contributed by atoms with Gasteiger partial charge in [0.1, 0.15) is 0 Å². The Hall–Kier alpha value is -0.350. The second-order valence-electron chi connectivity index (χ2n) is 1.82. The van der Waals surface area contributed by atoms with E-state index in [4.69, 9.17) is 0 Å². The molecule has 0 aliphatic carbocycles. The van der Waals surface area contributed by atoms with Crippen molar-refractivity contribution >= 4 is 38.7 Å². The number of halogens is 1. The minimum atomic E-state index is 0.790. The molecule has 0 unspecified atom stereocenters. The van der Waals surface area contributed by atoms with Gasteiger partial charge in [-0.05, 0) is 22.0 Å². The Labute approximate surface area is 71.6 Å². The molecule has 0 saturated carbocycles. The summed E-state index contributed by atoms with van der Waals surface area (Å²) in [5.41, 5.74) is 0. The molecule has 2 nitrogen and oxygen atoms in total. The van der Waals surface area contributed by atoms with Crippen molar-refractivity contribution in [2.75, 3.05) is 11.9 Å². The van der Waals surface area contributed by atoms with Crippen molar-refractivity contribution in [1.29, 1.82) is 0 Å². The summed E-state index contributed by atoms with van der Waals surface area (Å²) in [4.78, 5) is 11.8. The van der Waals surface area contributed by atoms with Gasteiger partial charge in [-0.2, -0.15) is 0 Å². The molecule has 0 atom stereocenters. The lowest BCUT2D eigenvalue weighted by Crippen LogP contribution is -2.11. The zero-order valence-corrected chi connectivity index (χ0v) is 7.78. The SMILES string of the molecule is CN(C=O)c1cc(Br)cs1. The summed E-state index contributed by atoms with van der Waals surface area (Å²) in [5.74, 6) is 0. The van der Waals surface area contributed by atoms with Crippen molar-refractivity contribution < 1.29 is 4.79 Å². The first kappa shape index (κ1) is 7.75. The second kappa shape index (κ2) is 3.16. The van der Waals surface area contributed by atoms with E-state index in [1.54, 1.807) is 7.05 Å². The molecule has 0 bridgehead atoms. The second-order valence-corrected chi connectivity index (χ2v) is 3.62. The van der Waals surface area contributed by atoms with E-state index in [0.29, 0.717) is 0 Å². The summed E-state index contributed by atoms with van der Waals surface area (Å²) < 4.78 is 1.02. The molecule has 1 aromatic heterocycles. The van der Waals surface area contributed by atoms with Crippen LogP contribution in [0.4, 0.5) is 5.00 Å². The van der Waals surface area contributed by atoms with Gasteiger partial charge in [-0.1, -0.05) is 0 Å². The van der Waals surface area contributed by atoms with E-state index < -0.39 is 0 Å². The highest BCUT2D eigenvalue weighted by molar-refractivity contribution is 9.10. The molecule has 0 N–H and O–H groups in total. The van der Waals surface area contributed by atoms with E-state index in [2.05, 4.69) is 15.9 Å². The van der Waals surface area contributed by atoms with E-state index in [1.807, 2.05) is 11.4 Å². The molecule has 0 spiro atoms. The highest BCUT2D eigenvalue weighted by atomic mass is 79.9. The fourth-order valence-electron chi connectivity index (χ4n) is 0.540. The summed E-state index contributed by atoms with van der Waals surface area (Å²) in [6.07, 6.45) is 0.790. The molecule has 1 amide bonds. The van der Waals surface area contributed by atoms with Crippen LogP contribution in [0, 0.1) is 0 Å². The number of thiophene rings is 1. The Kier molecular flexibility index (Phi) is 2.45. The van der Waals surface area contributed by atoms with Gasteiger partial charge in [0.2, 0.25) is 6.41 Å². The summed E-state index contributed by atoms with van der Waals surface area (Å²) in [5, 5.41) is 2.89. The monoisotopic (exact) mass is 219 g/mol. The molecule has 4 heteroatoms. The normalized spacial score (nSPS) is 9.40. The minimum absolute atomic E-state index is 0.790. The molecule has 1 rings (SSSR count). The van der Waals surface area contributed by atoms with Crippen LogP contribution < -0.4 is 4.90 Å². The average Bonchev–Trinajstić information content (AvgIpc) is 2.34. The van der Waals surface area contributed by atoms with E-state index in [9.17, 15) is 4.79 Å². The van der Waals surface area contributed by atoms with Crippen LogP contribution in [0.1, 0.15) is 0 Å². The maximum Gasteiger partial charge on any atom is 0.214 e. The van der Waals surface area contributed by atoms with Gasteiger partial charge in [-0.15, -0.1) is 11.3 Å². The van der Waals surface area contributed by atoms with Gasteiger partial charge >= 0.3 is 0 Å². The lowest BCUT2D eigenvalue weighted by molar-refractivity contribution is -0.107. The molecule has 1 aromatic rings. The van der Waals surface area contributed by atoms with Crippen LogP contribution in [0.5, 0.6) is 0 Å². The Morgan fingerprint density at radius 2 is 2.50 bits per heavy atom. The summed E-state index contributed by atoms with van der Waals surface area (Å²) in [6, 6.07) is 1.90. The van der Waals surface area contributed by atoms with E-state index >= 15 is 0 Å². The van der Waals surface area contributed by atoms with Crippen LogP contribution in [-0.2, 0) is 4.79 Å². The third-order valence-electron chi connectivity index (χ3n) is 1.06. The number of nitrogens with zero attached hydrogens (tertiary/aromatic N) is 1. The fourth-order valence-corrected chi connectivity index (χ4v) is 1.89. The maximum atomic E-state index is 10.2. The van der Waals surface area contributed by atoms with Gasteiger partial charge in [0.25, 0.3) is 0 Å². The first-order valence-electron chi connectivity index (χ1n) is 2.66. The summed E-state index contributed by atoms with van der Waals surface area (Å²) in [6.45, 7) is 0. The standard InChI is InChI=1S/C6H6BrNOS/c1-8(4-9)6-2-5(7)3-10-6/h2-4H,1H3. The lowest BCUT2D eigenvalue weighted by atomic mass is 10.6. The first-order chi connectivity index (χ1) is 4.74. The van der Waals surface area contributed by atoms with Crippen molar-refractivity contribution in [3.05, 3.63) is 15.9 Å². The van der Waals surface area contributed by atoms with Crippen LogP contribution in [0.3, 0.4) is 0 Å². The molecule has 10 heavy (non-hydrogen) atoms. The Morgan fingerprint density at radius 3 is 2.90 bits per heavy atom. The largest absolute Gasteiger partial charge is 0.310 e. The number of carbonyl (C=O) groups is 1. The molecule has 0 aromatic carbocycles. The van der Waals surface area contributed by atoms with Crippen LogP contribution in [0.25, 0.3) is 0 Å². The van der Waals surface area contributed by atoms with E-state index in [1.165, 1.54) is 16.2 Å². The molecule has 0 radical (unpaired) electrons. The van der Waals surface area contributed by atoms with Gasteiger partial charge < -0.3 is 4.90 Å². The van der Waals surface area contributed by atoms with Crippen molar-refractivity contribution in [2.45, 2.75) is 0 Å². The molecular weight excluding hydrogens is 214 g/mol. The summed E-state index contributed by atoms with van der Waals surface area (Å²) >= 11 is 4.83. The average molecular weight is 220 g/mol. The molecule has 1 heterocycles. The van der Waals surface area contributed by atoms with Gasteiger partial charge in [0, 0.05) is 16.9 Å². The number of hydrogen-bond acceptors (Lipinski definition) is 2. The molecule has 54 valence electrons. The maximum absolute atomic E-state index is 10.2. The predicted molar refractivity (Wildman–Crippen MR) is 46.5 cm³/mol. The van der Waals surface area contributed by atoms with Crippen LogP contribution in [0.15, 0.2) is 15.9 Å². The third kappa shape index (κ3) is 1.58. The fraction of sp³-hybridized carbons (Fsp3) is 0.167. The smallest absolute Gasteiger partial charge is 0.214 e. The van der Waals surface area contributed by atoms with Crippen molar-refractivity contribution in [3.63, 3.8) is 0 Å². The minimum Gasteiger partial charge on any atom is -0.310 e. The number of anilines is 1. The van der Waals surface area contributed by atoms with Gasteiger partial charge in [0.15, 0.2) is 0 Å². The highest BCUT2D eigenvalue weighted by Gasteiger charge is 2.00. The number of carbonyl (C=O) groups excluding carboxylic acids is 1. The number of rotatable bonds is 2. The number of amides is 1. The first-order valence-corrected chi connectivity index (χ1v) is 4.33. The molecule has 0 aliphatic heterocycles. The van der Waals surface area contributed by atoms with E-state index in [0.717, 1.165) is 15.9 Å². The van der Waals surface area contributed by atoms with Crippen molar-refractivity contribution in [3.8, 4) is 0 Å². The lowest BCUT2D eigenvalue weighted by Gasteiger charge is -2.04. The zero-order chi connectivity index (χ0) is 7.56.